The van der Waals surface area contributed by atoms with Crippen LogP contribution < -0.4 is 10.6 Å². The molecule has 8 heteroatoms. The highest BCUT2D eigenvalue weighted by Gasteiger charge is 2.34. The van der Waals surface area contributed by atoms with Gasteiger partial charge in [-0.3, -0.25) is 0 Å². The van der Waals surface area contributed by atoms with Gasteiger partial charge in [-0.25, -0.2) is 4.98 Å². The van der Waals surface area contributed by atoms with Crippen LogP contribution in [0.3, 0.4) is 0 Å². The lowest BCUT2D eigenvalue weighted by Crippen LogP contribution is -2.19. The van der Waals surface area contributed by atoms with Crippen LogP contribution in [0.2, 0.25) is 0 Å². The number of anilines is 3. The summed E-state index contributed by atoms with van der Waals surface area (Å²) in [5.74, 6) is 0.709. The second-order valence-electron chi connectivity index (χ2n) is 7.16. The predicted molar refractivity (Wildman–Crippen MR) is 108 cm³/mol. The maximum atomic E-state index is 13.0. The number of allylic oxidation sites excluding steroid dienone is 4. The van der Waals surface area contributed by atoms with Crippen LogP contribution in [-0.4, -0.2) is 21.1 Å². The van der Waals surface area contributed by atoms with Gasteiger partial charge in [0.25, 0.3) is 0 Å². The van der Waals surface area contributed by atoms with Crippen molar-refractivity contribution < 1.29 is 13.2 Å². The zero-order chi connectivity index (χ0) is 20.6. The Labute approximate surface area is 165 Å². The lowest BCUT2D eigenvalue weighted by atomic mass is 9.94. The molecule has 0 amide bonds. The number of nitrogens with zero attached hydrogens (tertiary/aromatic N) is 2. The van der Waals surface area contributed by atoms with Gasteiger partial charge in [-0.2, -0.15) is 18.2 Å². The Kier molecular flexibility index (Phi) is 4.77. The number of H-pyrrole nitrogens is 1. The van der Waals surface area contributed by atoms with E-state index < -0.39 is 11.7 Å². The highest BCUT2D eigenvalue weighted by atomic mass is 19.4. The van der Waals surface area contributed by atoms with E-state index in [4.69, 9.17) is 0 Å². The lowest BCUT2D eigenvalue weighted by Gasteiger charge is -2.22. The first kappa shape index (κ1) is 19.0. The van der Waals surface area contributed by atoms with Crippen LogP contribution in [0, 0.1) is 12.8 Å². The third-order valence-corrected chi connectivity index (χ3v) is 4.80. The Morgan fingerprint density at radius 1 is 1.14 bits per heavy atom. The van der Waals surface area contributed by atoms with Crippen LogP contribution in [0.25, 0.3) is 10.9 Å². The summed E-state index contributed by atoms with van der Waals surface area (Å²) < 4.78 is 39.0. The summed E-state index contributed by atoms with van der Waals surface area (Å²) in [7, 11) is 0. The summed E-state index contributed by atoms with van der Waals surface area (Å²) in [5, 5.41) is 7.23. The van der Waals surface area contributed by atoms with Gasteiger partial charge >= 0.3 is 6.18 Å². The standard InChI is InChI=1S/C21H20F3N5/c1-12-3-4-15(21(22,23)24)11-18(12)28-20-25-8-7-19(29-20)27-16-5-6-17-14(10-16)9-13(2)26-17/h4-12,26H,3H2,1-2H3,(H2,25,27,28,29). The van der Waals surface area contributed by atoms with Gasteiger partial charge in [-0.15, -0.1) is 0 Å². The number of nitrogens with one attached hydrogen (secondary N) is 3. The van der Waals surface area contributed by atoms with Crippen molar-refractivity contribution in [1.29, 1.82) is 0 Å². The minimum atomic E-state index is -4.37. The molecule has 1 aromatic carbocycles. The fraction of sp³-hybridized carbons (Fsp3) is 0.238. The highest BCUT2D eigenvalue weighted by Crippen LogP contribution is 2.34. The molecule has 2 aromatic heterocycles. The van der Waals surface area contributed by atoms with E-state index in [-0.39, 0.29) is 11.9 Å². The van der Waals surface area contributed by atoms with E-state index in [2.05, 4.69) is 31.7 Å². The van der Waals surface area contributed by atoms with Crippen molar-refractivity contribution in [2.45, 2.75) is 26.4 Å². The number of aromatic nitrogens is 3. The van der Waals surface area contributed by atoms with E-state index >= 15 is 0 Å². The number of rotatable bonds is 4. The molecule has 0 fully saturated rings. The van der Waals surface area contributed by atoms with Gasteiger partial charge in [0.05, 0.1) is 5.57 Å². The largest absolute Gasteiger partial charge is 0.416 e. The molecule has 1 atom stereocenters. The summed E-state index contributed by atoms with van der Waals surface area (Å²) in [6.45, 7) is 3.86. The molecule has 4 rings (SSSR count). The fourth-order valence-corrected chi connectivity index (χ4v) is 3.28. The number of alkyl halides is 3. The first-order valence-corrected chi connectivity index (χ1v) is 9.23. The molecule has 1 aliphatic rings. The molecule has 0 saturated heterocycles. The molecule has 2 heterocycles. The molecular formula is C21H20F3N5. The molecule has 0 aliphatic heterocycles. The second kappa shape index (κ2) is 7.27. The molecule has 3 N–H and O–H groups in total. The summed E-state index contributed by atoms with van der Waals surface area (Å²) >= 11 is 0. The van der Waals surface area contributed by atoms with Crippen molar-refractivity contribution in [3.8, 4) is 0 Å². The van der Waals surface area contributed by atoms with Crippen molar-refractivity contribution >= 4 is 28.4 Å². The maximum Gasteiger partial charge on any atom is 0.416 e. The zero-order valence-electron chi connectivity index (χ0n) is 15.9. The molecule has 1 aliphatic carbocycles. The quantitative estimate of drug-likeness (QED) is 0.516. The molecule has 5 nitrogen and oxygen atoms in total. The maximum absolute atomic E-state index is 13.0. The monoisotopic (exact) mass is 399 g/mol. The smallest absolute Gasteiger partial charge is 0.359 e. The van der Waals surface area contributed by atoms with Crippen LogP contribution >= 0.6 is 0 Å². The Morgan fingerprint density at radius 2 is 1.97 bits per heavy atom. The van der Waals surface area contributed by atoms with E-state index in [0.717, 1.165) is 28.4 Å². The van der Waals surface area contributed by atoms with Crippen LogP contribution in [0.1, 0.15) is 19.0 Å². The topological polar surface area (TPSA) is 65.6 Å². The molecule has 1 unspecified atom stereocenters. The first-order chi connectivity index (χ1) is 13.8. The van der Waals surface area contributed by atoms with E-state index in [9.17, 15) is 13.2 Å². The minimum absolute atomic E-state index is 0.0828. The van der Waals surface area contributed by atoms with Gasteiger partial charge in [-0.05, 0) is 55.7 Å². The van der Waals surface area contributed by atoms with Gasteiger partial charge in [-0.1, -0.05) is 13.0 Å². The number of aromatic amines is 1. The van der Waals surface area contributed by atoms with Crippen molar-refractivity contribution in [1.82, 2.24) is 15.0 Å². The van der Waals surface area contributed by atoms with Crippen LogP contribution in [0.15, 0.2) is 60.0 Å². The SMILES string of the molecule is Cc1cc2cc(Nc3ccnc(NC4=CC(C(F)(F)F)=CCC4C)n3)ccc2[nH]1. The van der Waals surface area contributed by atoms with Crippen LogP contribution in [0.4, 0.5) is 30.6 Å². The number of fused-ring (bicyclic) bond motifs is 1. The predicted octanol–water partition coefficient (Wildman–Crippen LogP) is 5.83. The van der Waals surface area contributed by atoms with Gasteiger partial charge in [0.1, 0.15) is 5.82 Å². The molecule has 0 saturated carbocycles. The number of hydrogen-bond donors (Lipinski definition) is 3. The Morgan fingerprint density at radius 3 is 2.76 bits per heavy atom. The third kappa shape index (κ3) is 4.26. The summed E-state index contributed by atoms with van der Waals surface area (Å²) in [6, 6.07) is 9.66. The Balaban J connectivity index is 1.53. The van der Waals surface area contributed by atoms with Crippen LogP contribution in [-0.2, 0) is 0 Å². The molecule has 29 heavy (non-hydrogen) atoms. The second-order valence-corrected chi connectivity index (χ2v) is 7.16. The Bertz CT molecular complexity index is 1110. The average Bonchev–Trinajstić information content (AvgIpc) is 3.02. The van der Waals surface area contributed by atoms with Gasteiger partial charge in [0, 0.05) is 34.2 Å². The summed E-state index contributed by atoms with van der Waals surface area (Å²) in [4.78, 5) is 11.8. The van der Waals surface area contributed by atoms with Crippen molar-refractivity contribution in [2.24, 2.45) is 5.92 Å². The molecule has 3 aromatic rings. The van der Waals surface area contributed by atoms with E-state index in [1.165, 1.54) is 6.08 Å². The van der Waals surface area contributed by atoms with Gasteiger partial charge < -0.3 is 15.6 Å². The molecule has 150 valence electrons. The normalized spacial score (nSPS) is 17.1. The number of aryl methyl sites for hydroxylation is 1. The number of halogens is 3. The molecule has 0 spiro atoms. The van der Waals surface area contributed by atoms with Gasteiger partial charge in [0.15, 0.2) is 0 Å². The third-order valence-electron chi connectivity index (χ3n) is 4.80. The van der Waals surface area contributed by atoms with Crippen molar-refractivity contribution in [3.05, 3.63) is 65.6 Å². The minimum Gasteiger partial charge on any atom is -0.359 e. The van der Waals surface area contributed by atoms with Crippen molar-refractivity contribution in [2.75, 3.05) is 10.6 Å². The summed E-state index contributed by atoms with van der Waals surface area (Å²) in [5.41, 5.74) is 2.77. The van der Waals surface area contributed by atoms with E-state index in [0.29, 0.717) is 17.9 Å². The van der Waals surface area contributed by atoms with Crippen LogP contribution in [0.5, 0.6) is 0 Å². The first-order valence-electron chi connectivity index (χ1n) is 9.23. The molecule has 0 bridgehead atoms. The molecule has 0 radical (unpaired) electrons. The molecular weight excluding hydrogens is 379 g/mol. The van der Waals surface area contributed by atoms with Crippen molar-refractivity contribution in [3.63, 3.8) is 0 Å². The average molecular weight is 399 g/mol. The van der Waals surface area contributed by atoms with E-state index in [1.54, 1.807) is 12.3 Å². The highest BCUT2D eigenvalue weighted by molar-refractivity contribution is 5.84. The fourth-order valence-electron chi connectivity index (χ4n) is 3.28. The number of benzene rings is 1. The number of hydrogen-bond acceptors (Lipinski definition) is 4. The lowest BCUT2D eigenvalue weighted by molar-refractivity contribution is -0.0888. The van der Waals surface area contributed by atoms with Gasteiger partial charge in [0.2, 0.25) is 5.95 Å². The zero-order valence-corrected chi connectivity index (χ0v) is 15.9. The summed E-state index contributed by atoms with van der Waals surface area (Å²) in [6.07, 6.45) is -0.160. The Hall–Kier alpha value is -3.29. The van der Waals surface area contributed by atoms with E-state index in [1.807, 2.05) is 32.0 Å².